The van der Waals surface area contributed by atoms with E-state index in [0.717, 1.165) is 25.7 Å². The Bertz CT molecular complexity index is 317. The van der Waals surface area contributed by atoms with E-state index in [1.165, 1.54) is 0 Å². The maximum atomic E-state index is 12.5. The van der Waals surface area contributed by atoms with Crippen LogP contribution in [-0.2, 0) is 9.59 Å². The maximum Gasteiger partial charge on any atom is 0.246 e. The van der Waals surface area contributed by atoms with Gasteiger partial charge in [0.05, 0.1) is 0 Å². The zero-order chi connectivity index (χ0) is 13.8. The number of nitrogens with one attached hydrogen (secondary N) is 1. The number of hydrogen-bond acceptors (Lipinski definition) is 2. The van der Waals surface area contributed by atoms with Crippen LogP contribution in [0.4, 0.5) is 0 Å². The summed E-state index contributed by atoms with van der Waals surface area (Å²) in [7, 11) is 0. The van der Waals surface area contributed by atoms with Crippen molar-refractivity contribution in [3.05, 3.63) is 0 Å². The van der Waals surface area contributed by atoms with Gasteiger partial charge in [0.2, 0.25) is 11.8 Å². The van der Waals surface area contributed by atoms with E-state index in [9.17, 15) is 9.59 Å². The van der Waals surface area contributed by atoms with Gasteiger partial charge in [-0.2, -0.15) is 0 Å². The molecule has 0 aromatic heterocycles. The van der Waals surface area contributed by atoms with Crippen molar-refractivity contribution in [3.63, 3.8) is 0 Å². The lowest BCUT2D eigenvalue weighted by Gasteiger charge is -2.46. The van der Waals surface area contributed by atoms with Crippen molar-refractivity contribution in [2.45, 2.75) is 71.4 Å². The lowest BCUT2D eigenvalue weighted by Crippen LogP contribution is -2.69. The van der Waals surface area contributed by atoms with Gasteiger partial charge in [-0.05, 0) is 26.2 Å². The summed E-state index contributed by atoms with van der Waals surface area (Å²) in [6.07, 6.45) is 4.28. The van der Waals surface area contributed by atoms with Crippen LogP contribution in [0.1, 0.15) is 59.8 Å². The Labute approximate surface area is 110 Å². The fourth-order valence-electron chi connectivity index (χ4n) is 2.44. The number of piperazine rings is 1. The minimum Gasteiger partial charge on any atom is -0.342 e. The first-order chi connectivity index (χ1) is 8.51. The van der Waals surface area contributed by atoms with E-state index in [4.69, 9.17) is 0 Å². The van der Waals surface area contributed by atoms with Gasteiger partial charge in [-0.3, -0.25) is 9.59 Å². The molecule has 1 fully saturated rings. The summed E-state index contributed by atoms with van der Waals surface area (Å²) in [4.78, 5) is 26.5. The Hall–Kier alpha value is -1.06. The Kier molecular flexibility index (Phi) is 5.17. The molecule has 0 aromatic rings. The van der Waals surface area contributed by atoms with Crippen molar-refractivity contribution < 1.29 is 9.59 Å². The van der Waals surface area contributed by atoms with Crippen molar-refractivity contribution in [3.8, 4) is 0 Å². The van der Waals surface area contributed by atoms with Gasteiger partial charge in [0, 0.05) is 6.54 Å². The molecule has 2 unspecified atom stereocenters. The van der Waals surface area contributed by atoms with E-state index in [2.05, 4.69) is 12.2 Å². The topological polar surface area (TPSA) is 49.4 Å². The summed E-state index contributed by atoms with van der Waals surface area (Å²) in [5.41, 5.74) is -0.670. The first-order valence-corrected chi connectivity index (χ1v) is 7.13. The molecule has 0 aliphatic carbocycles. The highest BCUT2D eigenvalue weighted by molar-refractivity contribution is 5.99. The molecule has 0 spiro atoms. The lowest BCUT2D eigenvalue weighted by molar-refractivity contribution is -0.157. The third-order valence-electron chi connectivity index (χ3n) is 3.96. The molecule has 1 aliphatic rings. The zero-order valence-electron chi connectivity index (χ0n) is 12.1. The van der Waals surface area contributed by atoms with E-state index in [1.807, 2.05) is 20.8 Å². The molecule has 1 N–H and O–H groups in total. The van der Waals surface area contributed by atoms with Gasteiger partial charge in [-0.25, -0.2) is 0 Å². The standard InChI is InChI=1S/C14H26N2O2/c1-5-8-10-16-12(17)11(9-6-2)15-13(18)14(16,4)7-3/h11H,5-10H2,1-4H3,(H,15,18). The quantitative estimate of drug-likeness (QED) is 0.789. The second-order valence-corrected chi connectivity index (χ2v) is 5.29. The smallest absolute Gasteiger partial charge is 0.246 e. The van der Waals surface area contributed by atoms with Crippen molar-refractivity contribution in [2.24, 2.45) is 0 Å². The van der Waals surface area contributed by atoms with E-state index in [0.29, 0.717) is 13.0 Å². The molecule has 1 aliphatic heterocycles. The summed E-state index contributed by atoms with van der Waals surface area (Å²) < 4.78 is 0. The van der Waals surface area contributed by atoms with E-state index < -0.39 is 5.54 Å². The Morgan fingerprint density at radius 3 is 2.39 bits per heavy atom. The average molecular weight is 254 g/mol. The Morgan fingerprint density at radius 1 is 1.22 bits per heavy atom. The van der Waals surface area contributed by atoms with Crippen molar-refractivity contribution in [1.82, 2.24) is 10.2 Å². The normalized spacial score (nSPS) is 28.4. The van der Waals surface area contributed by atoms with Gasteiger partial charge in [0.25, 0.3) is 0 Å². The Balaban J connectivity index is 2.93. The third kappa shape index (κ3) is 2.68. The summed E-state index contributed by atoms with van der Waals surface area (Å²) in [5, 5.41) is 2.88. The highest BCUT2D eigenvalue weighted by atomic mass is 16.2. The van der Waals surface area contributed by atoms with E-state index in [1.54, 1.807) is 4.90 Å². The molecule has 104 valence electrons. The predicted molar refractivity (Wildman–Crippen MR) is 72.2 cm³/mol. The van der Waals surface area contributed by atoms with Crippen LogP contribution in [-0.4, -0.2) is 34.8 Å². The summed E-state index contributed by atoms with van der Waals surface area (Å²) >= 11 is 0. The highest BCUT2D eigenvalue weighted by Crippen LogP contribution is 2.26. The monoisotopic (exact) mass is 254 g/mol. The minimum absolute atomic E-state index is 0.000784. The number of amides is 2. The Morgan fingerprint density at radius 2 is 1.89 bits per heavy atom. The molecule has 1 heterocycles. The number of rotatable bonds is 6. The van der Waals surface area contributed by atoms with Gasteiger partial charge in [0.1, 0.15) is 11.6 Å². The molecule has 1 saturated heterocycles. The molecule has 18 heavy (non-hydrogen) atoms. The van der Waals surface area contributed by atoms with Crippen LogP contribution in [0.25, 0.3) is 0 Å². The summed E-state index contributed by atoms with van der Waals surface area (Å²) in [5.74, 6) is 0.0911. The van der Waals surface area contributed by atoms with Crippen LogP contribution >= 0.6 is 0 Å². The minimum atomic E-state index is -0.670. The van der Waals surface area contributed by atoms with Crippen LogP contribution in [0.15, 0.2) is 0 Å². The van der Waals surface area contributed by atoms with Gasteiger partial charge >= 0.3 is 0 Å². The second-order valence-electron chi connectivity index (χ2n) is 5.29. The predicted octanol–water partition coefficient (Wildman–Crippen LogP) is 2.08. The number of hydrogen-bond donors (Lipinski definition) is 1. The summed E-state index contributed by atoms with van der Waals surface area (Å²) in [6.45, 7) is 8.65. The average Bonchev–Trinajstić information content (AvgIpc) is 2.36. The van der Waals surface area contributed by atoms with Gasteiger partial charge in [0.15, 0.2) is 0 Å². The molecule has 0 radical (unpaired) electrons. The fraction of sp³-hybridized carbons (Fsp3) is 0.857. The largest absolute Gasteiger partial charge is 0.342 e. The zero-order valence-corrected chi connectivity index (χ0v) is 12.1. The molecule has 0 aromatic carbocycles. The molecular formula is C14H26N2O2. The molecule has 2 amide bonds. The number of unbranched alkanes of at least 4 members (excludes halogenated alkanes) is 1. The molecule has 0 saturated carbocycles. The molecule has 1 rings (SSSR count). The highest BCUT2D eigenvalue weighted by Gasteiger charge is 2.47. The second kappa shape index (κ2) is 6.21. The van der Waals surface area contributed by atoms with Gasteiger partial charge in [-0.1, -0.05) is 33.6 Å². The van der Waals surface area contributed by atoms with E-state index >= 15 is 0 Å². The molecule has 4 heteroatoms. The maximum absolute atomic E-state index is 12.5. The van der Waals surface area contributed by atoms with Crippen LogP contribution in [0.3, 0.4) is 0 Å². The first-order valence-electron chi connectivity index (χ1n) is 7.13. The van der Waals surface area contributed by atoms with Crippen LogP contribution in [0, 0.1) is 0 Å². The fourth-order valence-corrected chi connectivity index (χ4v) is 2.44. The SMILES string of the molecule is CCCCN1C(=O)C(CCC)NC(=O)C1(C)CC. The van der Waals surface area contributed by atoms with Crippen molar-refractivity contribution in [1.29, 1.82) is 0 Å². The van der Waals surface area contributed by atoms with Crippen molar-refractivity contribution >= 4 is 11.8 Å². The number of nitrogens with zero attached hydrogens (tertiary/aromatic N) is 1. The van der Waals surface area contributed by atoms with E-state index in [-0.39, 0.29) is 17.9 Å². The molecule has 2 atom stereocenters. The van der Waals surface area contributed by atoms with Crippen molar-refractivity contribution in [2.75, 3.05) is 6.54 Å². The third-order valence-corrected chi connectivity index (χ3v) is 3.96. The lowest BCUT2D eigenvalue weighted by atomic mass is 9.89. The van der Waals surface area contributed by atoms with Crippen LogP contribution in [0.5, 0.6) is 0 Å². The van der Waals surface area contributed by atoms with Crippen LogP contribution < -0.4 is 5.32 Å². The number of carbonyl (C=O) groups is 2. The molecule has 4 nitrogen and oxygen atoms in total. The number of carbonyl (C=O) groups excluding carboxylic acids is 2. The van der Waals surface area contributed by atoms with Gasteiger partial charge < -0.3 is 10.2 Å². The first kappa shape index (κ1) is 15.0. The molecule has 0 bridgehead atoms. The summed E-state index contributed by atoms with van der Waals surface area (Å²) in [6, 6.07) is -0.320. The molecular weight excluding hydrogens is 228 g/mol. The van der Waals surface area contributed by atoms with Gasteiger partial charge in [-0.15, -0.1) is 0 Å². The van der Waals surface area contributed by atoms with Crippen LogP contribution in [0.2, 0.25) is 0 Å².